The van der Waals surface area contributed by atoms with Crippen molar-refractivity contribution < 1.29 is 22.4 Å². The van der Waals surface area contributed by atoms with Crippen LogP contribution in [0.2, 0.25) is 0 Å². The Morgan fingerprint density at radius 3 is 2.35 bits per heavy atom. The molecule has 8 heteroatoms. The largest absolute Gasteiger partial charge is 0.324 e. The van der Waals surface area contributed by atoms with Crippen molar-refractivity contribution in [3.63, 3.8) is 0 Å². The normalized spacial score (nSPS) is 12.3. The molecule has 0 fully saturated rings. The highest BCUT2D eigenvalue weighted by Gasteiger charge is 2.29. The van der Waals surface area contributed by atoms with Gasteiger partial charge < -0.3 is 5.32 Å². The van der Waals surface area contributed by atoms with E-state index in [9.17, 15) is 22.4 Å². The number of carbonyl (C=O) groups excluding carboxylic acids is 2. The monoisotopic (exact) mass is 378 g/mol. The van der Waals surface area contributed by atoms with Gasteiger partial charge in [-0.05, 0) is 44.2 Å². The number of amides is 1. The molecule has 0 heterocycles. The molecular weight excluding hydrogens is 359 g/mol. The molecule has 0 aromatic heterocycles. The van der Waals surface area contributed by atoms with E-state index in [2.05, 4.69) is 5.32 Å². The van der Waals surface area contributed by atoms with E-state index in [1.807, 2.05) is 0 Å². The fourth-order valence-corrected chi connectivity index (χ4v) is 3.65. The number of rotatable bonds is 6. The smallest absolute Gasteiger partial charge is 0.247 e. The van der Waals surface area contributed by atoms with Crippen molar-refractivity contribution in [1.29, 1.82) is 0 Å². The van der Waals surface area contributed by atoms with Gasteiger partial charge >= 0.3 is 0 Å². The molecule has 138 valence electrons. The number of anilines is 2. The third kappa shape index (κ3) is 4.66. The van der Waals surface area contributed by atoms with Gasteiger partial charge in [0.15, 0.2) is 5.78 Å². The van der Waals surface area contributed by atoms with Crippen LogP contribution in [0.5, 0.6) is 0 Å². The lowest BCUT2D eigenvalue weighted by atomic mass is 10.1. The summed E-state index contributed by atoms with van der Waals surface area (Å²) >= 11 is 0. The van der Waals surface area contributed by atoms with Crippen LogP contribution in [-0.4, -0.2) is 32.4 Å². The molecular formula is C18H19FN2O4S. The van der Waals surface area contributed by atoms with Crippen molar-refractivity contribution in [2.24, 2.45) is 0 Å². The van der Waals surface area contributed by atoms with Gasteiger partial charge in [0.1, 0.15) is 11.9 Å². The van der Waals surface area contributed by atoms with Crippen LogP contribution in [0.25, 0.3) is 0 Å². The maximum atomic E-state index is 13.5. The van der Waals surface area contributed by atoms with Gasteiger partial charge in [-0.3, -0.25) is 13.9 Å². The highest BCUT2D eigenvalue weighted by Crippen LogP contribution is 2.22. The molecule has 1 unspecified atom stereocenters. The van der Waals surface area contributed by atoms with Crippen LogP contribution in [0.15, 0.2) is 48.5 Å². The van der Waals surface area contributed by atoms with Crippen molar-refractivity contribution >= 4 is 33.1 Å². The summed E-state index contributed by atoms with van der Waals surface area (Å²) in [5.74, 6) is -1.38. The lowest BCUT2D eigenvalue weighted by Gasteiger charge is -2.28. The molecule has 26 heavy (non-hydrogen) atoms. The topological polar surface area (TPSA) is 83.6 Å². The minimum atomic E-state index is -3.84. The second kappa shape index (κ2) is 7.65. The molecule has 0 spiro atoms. The number of nitrogens with one attached hydrogen (secondary N) is 1. The van der Waals surface area contributed by atoms with Crippen LogP contribution in [0, 0.1) is 5.82 Å². The number of hydrogen-bond donors (Lipinski definition) is 1. The average Bonchev–Trinajstić information content (AvgIpc) is 2.53. The first-order chi connectivity index (χ1) is 12.1. The lowest BCUT2D eigenvalue weighted by Crippen LogP contribution is -2.45. The summed E-state index contributed by atoms with van der Waals surface area (Å²) < 4.78 is 38.7. The predicted octanol–water partition coefficient (Wildman–Crippen LogP) is 2.82. The van der Waals surface area contributed by atoms with Gasteiger partial charge in [-0.2, -0.15) is 0 Å². The first-order valence-electron chi connectivity index (χ1n) is 7.76. The summed E-state index contributed by atoms with van der Waals surface area (Å²) in [7, 11) is -3.84. The van der Waals surface area contributed by atoms with E-state index in [4.69, 9.17) is 0 Å². The molecule has 0 bridgehead atoms. The molecule has 1 atom stereocenters. The van der Waals surface area contributed by atoms with Crippen molar-refractivity contribution in [3.05, 3.63) is 59.9 Å². The SMILES string of the molecule is CC(=O)c1cccc(NC(=O)C(C)N(c2cccc(F)c2)S(C)(=O)=O)c1. The molecule has 2 rings (SSSR count). The molecule has 1 amide bonds. The van der Waals surface area contributed by atoms with Crippen LogP contribution >= 0.6 is 0 Å². The zero-order valence-electron chi connectivity index (χ0n) is 14.6. The van der Waals surface area contributed by atoms with E-state index in [0.29, 0.717) is 11.3 Å². The van der Waals surface area contributed by atoms with E-state index in [1.54, 1.807) is 18.2 Å². The van der Waals surface area contributed by atoms with Crippen molar-refractivity contribution in [2.45, 2.75) is 19.9 Å². The summed E-state index contributed by atoms with van der Waals surface area (Å²) in [6.07, 6.45) is 0.943. The molecule has 0 aliphatic rings. The van der Waals surface area contributed by atoms with E-state index >= 15 is 0 Å². The van der Waals surface area contributed by atoms with E-state index in [1.165, 1.54) is 38.1 Å². The zero-order chi connectivity index (χ0) is 19.5. The average molecular weight is 378 g/mol. The van der Waals surface area contributed by atoms with Crippen LogP contribution in [-0.2, 0) is 14.8 Å². The lowest BCUT2D eigenvalue weighted by molar-refractivity contribution is -0.116. The summed E-state index contributed by atoms with van der Waals surface area (Å²) in [5.41, 5.74) is 0.829. The third-order valence-corrected chi connectivity index (χ3v) is 4.93. The number of Topliss-reactive ketones (excluding diaryl/α,β-unsaturated/α-hetero) is 1. The summed E-state index contributed by atoms with van der Waals surface area (Å²) in [5, 5.41) is 2.58. The number of sulfonamides is 1. The Balaban J connectivity index is 2.31. The molecule has 2 aromatic carbocycles. The first kappa shape index (κ1) is 19.6. The van der Waals surface area contributed by atoms with Gasteiger partial charge in [0.05, 0.1) is 11.9 Å². The van der Waals surface area contributed by atoms with E-state index in [-0.39, 0.29) is 11.5 Å². The predicted molar refractivity (Wildman–Crippen MR) is 98.3 cm³/mol. The van der Waals surface area contributed by atoms with E-state index < -0.39 is 27.8 Å². The standard InChI is InChI=1S/C18H19FN2O4S/c1-12(18(23)20-16-8-4-6-14(10-16)13(2)22)21(26(3,24)25)17-9-5-7-15(19)11-17/h4-12H,1-3H3,(H,20,23). The third-order valence-electron chi connectivity index (χ3n) is 3.69. The van der Waals surface area contributed by atoms with Crippen LogP contribution in [0.3, 0.4) is 0 Å². The number of halogens is 1. The Morgan fingerprint density at radius 1 is 1.12 bits per heavy atom. The highest BCUT2D eigenvalue weighted by atomic mass is 32.2. The van der Waals surface area contributed by atoms with Gasteiger partial charge in [-0.25, -0.2) is 12.8 Å². The summed E-state index contributed by atoms with van der Waals surface area (Å²) in [6, 6.07) is 10.2. The van der Waals surface area contributed by atoms with Crippen molar-refractivity contribution in [3.8, 4) is 0 Å². The minimum absolute atomic E-state index is 0.0487. The van der Waals surface area contributed by atoms with Crippen molar-refractivity contribution in [1.82, 2.24) is 0 Å². The molecule has 6 nitrogen and oxygen atoms in total. The number of benzene rings is 2. The molecule has 0 saturated heterocycles. The Labute approximate surface area is 151 Å². The van der Waals surface area contributed by atoms with Gasteiger partial charge in [-0.1, -0.05) is 18.2 Å². The van der Waals surface area contributed by atoms with Gasteiger partial charge in [0.2, 0.25) is 15.9 Å². The Bertz CT molecular complexity index is 944. The van der Waals surface area contributed by atoms with Gasteiger partial charge in [0, 0.05) is 11.3 Å². The Hall–Kier alpha value is -2.74. The molecule has 1 N–H and O–H groups in total. The van der Waals surface area contributed by atoms with E-state index in [0.717, 1.165) is 16.6 Å². The summed E-state index contributed by atoms with van der Waals surface area (Å²) in [6.45, 7) is 2.80. The minimum Gasteiger partial charge on any atom is -0.324 e. The number of carbonyl (C=O) groups is 2. The maximum Gasteiger partial charge on any atom is 0.247 e. The second-order valence-electron chi connectivity index (χ2n) is 5.84. The van der Waals surface area contributed by atoms with Crippen LogP contribution in [0.1, 0.15) is 24.2 Å². The van der Waals surface area contributed by atoms with Crippen LogP contribution < -0.4 is 9.62 Å². The highest BCUT2D eigenvalue weighted by molar-refractivity contribution is 7.92. The quantitative estimate of drug-likeness (QED) is 0.784. The Morgan fingerprint density at radius 2 is 1.77 bits per heavy atom. The Kier molecular flexibility index (Phi) is 5.76. The number of hydrogen-bond acceptors (Lipinski definition) is 4. The second-order valence-corrected chi connectivity index (χ2v) is 7.70. The molecule has 0 aliphatic heterocycles. The van der Waals surface area contributed by atoms with Crippen molar-refractivity contribution in [2.75, 3.05) is 15.9 Å². The van der Waals surface area contributed by atoms with Gasteiger partial charge in [0.25, 0.3) is 0 Å². The number of nitrogens with zero attached hydrogens (tertiary/aromatic N) is 1. The fourth-order valence-electron chi connectivity index (χ4n) is 2.48. The first-order valence-corrected chi connectivity index (χ1v) is 9.61. The molecule has 0 aliphatic carbocycles. The zero-order valence-corrected chi connectivity index (χ0v) is 15.4. The van der Waals surface area contributed by atoms with Crippen LogP contribution in [0.4, 0.5) is 15.8 Å². The summed E-state index contributed by atoms with van der Waals surface area (Å²) in [4.78, 5) is 24.0. The number of ketones is 1. The van der Waals surface area contributed by atoms with Gasteiger partial charge in [-0.15, -0.1) is 0 Å². The molecule has 0 radical (unpaired) electrons. The fraction of sp³-hybridized carbons (Fsp3) is 0.222. The maximum absolute atomic E-state index is 13.5. The molecule has 0 saturated carbocycles. The molecule has 2 aromatic rings.